The van der Waals surface area contributed by atoms with Crippen molar-refractivity contribution in [1.82, 2.24) is 14.8 Å². The molecule has 0 aliphatic heterocycles. The van der Waals surface area contributed by atoms with E-state index < -0.39 is 23.4 Å². The summed E-state index contributed by atoms with van der Waals surface area (Å²) < 4.78 is 12.9. The second-order valence-electron chi connectivity index (χ2n) is 9.50. The van der Waals surface area contributed by atoms with Gasteiger partial charge in [-0.25, -0.2) is 14.6 Å². The molecule has 30 heavy (non-hydrogen) atoms. The number of rotatable bonds is 3. The summed E-state index contributed by atoms with van der Waals surface area (Å²) in [4.78, 5) is 31.9. The van der Waals surface area contributed by atoms with Gasteiger partial charge in [0, 0.05) is 11.8 Å². The van der Waals surface area contributed by atoms with Crippen molar-refractivity contribution in [2.24, 2.45) is 0 Å². The van der Waals surface area contributed by atoms with Crippen LogP contribution in [0, 0.1) is 6.92 Å². The summed E-state index contributed by atoms with van der Waals surface area (Å²) in [6, 6.07) is 0.450. The summed E-state index contributed by atoms with van der Waals surface area (Å²) >= 11 is 1.24. The van der Waals surface area contributed by atoms with Crippen LogP contribution in [0.4, 0.5) is 14.7 Å². The number of ether oxygens (including phenoxy) is 2. The van der Waals surface area contributed by atoms with Gasteiger partial charge in [0.05, 0.1) is 22.8 Å². The van der Waals surface area contributed by atoms with Crippen molar-refractivity contribution in [3.63, 3.8) is 0 Å². The van der Waals surface area contributed by atoms with Gasteiger partial charge >= 0.3 is 12.2 Å². The highest BCUT2D eigenvalue weighted by Gasteiger charge is 2.35. The maximum absolute atomic E-state index is 12.8. The Morgan fingerprint density at radius 3 is 2.13 bits per heavy atom. The summed E-state index contributed by atoms with van der Waals surface area (Å²) in [5, 5.41) is 4.69. The topological polar surface area (TPSA) is 86.6 Å². The van der Waals surface area contributed by atoms with Crippen molar-refractivity contribution >= 4 is 28.7 Å². The molecule has 0 atom stereocenters. The number of aryl methyl sites for hydroxylation is 1. The minimum Gasteiger partial charge on any atom is -0.443 e. The molecule has 3 rings (SSSR count). The van der Waals surface area contributed by atoms with Crippen LogP contribution in [0.2, 0.25) is 0 Å². The molecule has 0 aromatic carbocycles. The quantitative estimate of drug-likeness (QED) is 0.614. The molecular formula is C21H30N4O4S. The molecule has 0 spiro atoms. The fourth-order valence-corrected chi connectivity index (χ4v) is 3.92. The maximum Gasteiger partial charge on any atom is 0.426 e. The summed E-state index contributed by atoms with van der Waals surface area (Å²) in [7, 11) is 0. The minimum absolute atomic E-state index is 0.211. The third kappa shape index (κ3) is 5.19. The number of carbonyl (C=O) groups excluding carboxylic acids is 2. The van der Waals surface area contributed by atoms with E-state index in [0.717, 1.165) is 28.2 Å². The van der Waals surface area contributed by atoms with E-state index in [2.05, 4.69) is 10.1 Å². The Balaban J connectivity index is 1.93. The molecule has 1 aliphatic rings. The second-order valence-corrected chi connectivity index (χ2v) is 10.5. The lowest BCUT2D eigenvalue weighted by molar-refractivity contribution is 0.0430. The number of hydrogen-bond donors (Lipinski definition) is 0. The molecule has 2 amide bonds. The number of anilines is 1. The standard InChI is InChI=1S/C21H30N4O4S/c1-13-16(14-11-22-24(12-14)15-9-8-10-15)30-17(23-13)25(18(26)28-20(2,3)4)19(27)29-21(5,6)7/h11-12,15H,8-10H2,1-7H3. The third-order valence-corrected chi connectivity index (χ3v) is 5.63. The Morgan fingerprint density at radius 1 is 1.10 bits per heavy atom. The first-order chi connectivity index (χ1) is 13.8. The summed E-state index contributed by atoms with van der Waals surface area (Å²) in [5.41, 5.74) is 0.0871. The molecule has 0 saturated heterocycles. The molecule has 0 bridgehead atoms. The molecule has 2 aromatic heterocycles. The van der Waals surface area contributed by atoms with Gasteiger partial charge in [0.2, 0.25) is 5.13 Å². The van der Waals surface area contributed by atoms with Gasteiger partial charge in [-0.2, -0.15) is 10.00 Å². The Morgan fingerprint density at radius 2 is 1.67 bits per heavy atom. The molecule has 0 unspecified atom stereocenters. The fraction of sp³-hybridized carbons (Fsp3) is 0.619. The SMILES string of the molecule is Cc1nc(N(C(=O)OC(C)(C)C)C(=O)OC(C)(C)C)sc1-c1cnn(C2CCC2)c1. The van der Waals surface area contributed by atoms with E-state index in [1.807, 2.05) is 17.8 Å². The van der Waals surface area contributed by atoms with Crippen LogP contribution >= 0.6 is 11.3 Å². The highest BCUT2D eigenvalue weighted by Crippen LogP contribution is 2.37. The third-order valence-electron chi connectivity index (χ3n) is 4.44. The highest BCUT2D eigenvalue weighted by atomic mass is 32.1. The lowest BCUT2D eigenvalue weighted by Gasteiger charge is -2.27. The van der Waals surface area contributed by atoms with Crippen LogP contribution in [0.25, 0.3) is 10.4 Å². The van der Waals surface area contributed by atoms with E-state index in [-0.39, 0.29) is 5.13 Å². The number of amides is 2. The molecule has 164 valence electrons. The lowest BCUT2D eigenvalue weighted by atomic mass is 9.93. The van der Waals surface area contributed by atoms with Gasteiger partial charge in [-0.1, -0.05) is 11.3 Å². The zero-order chi connectivity index (χ0) is 22.3. The van der Waals surface area contributed by atoms with Crippen molar-refractivity contribution in [2.75, 3.05) is 4.90 Å². The lowest BCUT2D eigenvalue weighted by Crippen LogP contribution is -2.43. The number of imide groups is 1. The first-order valence-electron chi connectivity index (χ1n) is 10.1. The minimum atomic E-state index is -0.817. The normalized spacial score (nSPS) is 14.9. The average Bonchev–Trinajstić information content (AvgIpc) is 3.09. The van der Waals surface area contributed by atoms with Crippen LogP contribution in [-0.2, 0) is 9.47 Å². The van der Waals surface area contributed by atoms with Crippen molar-refractivity contribution in [3.8, 4) is 10.4 Å². The van der Waals surface area contributed by atoms with Crippen molar-refractivity contribution in [3.05, 3.63) is 18.1 Å². The number of hydrogen-bond acceptors (Lipinski definition) is 7. The van der Waals surface area contributed by atoms with Crippen molar-refractivity contribution in [2.45, 2.75) is 85.0 Å². The maximum atomic E-state index is 12.8. The van der Waals surface area contributed by atoms with Crippen LogP contribution in [0.15, 0.2) is 12.4 Å². The largest absolute Gasteiger partial charge is 0.443 e. The fourth-order valence-electron chi connectivity index (χ4n) is 2.90. The Labute approximate surface area is 181 Å². The van der Waals surface area contributed by atoms with Crippen molar-refractivity contribution < 1.29 is 19.1 Å². The first kappa shape index (κ1) is 22.3. The average molecular weight is 435 g/mol. The summed E-state index contributed by atoms with van der Waals surface area (Å²) in [6.07, 6.45) is 5.67. The molecule has 1 aliphatic carbocycles. The van der Waals surface area contributed by atoms with Gasteiger partial charge in [0.15, 0.2) is 0 Å². The van der Waals surface area contributed by atoms with Gasteiger partial charge < -0.3 is 9.47 Å². The molecule has 1 fully saturated rings. The van der Waals surface area contributed by atoms with Gasteiger partial charge in [-0.3, -0.25) is 4.68 Å². The molecule has 2 aromatic rings. The first-order valence-corrected chi connectivity index (χ1v) is 10.9. The van der Waals surface area contributed by atoms with E-state index in [0.29, 0.717) is 11.7 Å². The highest BCUT2D eigenvalue weighted by molar-refractivity contribution is 7.19. The second kappa shape index (κ2) is 8.02. The number of aromatic nitrogens is 3. The molecule has 0 radical (unpaired) electrons. The molecule has 0 N–H and O–H groups in total. The summed E-state index contributed by atoms with van der Waals surface area (Å²) in [6.45, 7) is 12.3. The Kier molecular flexibility index (Phi) is 5.95. The van der Waals surface area contributed by atoms with Crippen LogP contribution in [0.1, 0.15) is 72.5 Å². The van der Waals surface area contributed by atoms with E-state index in [1.54, 1.807) is 47.7 Å². The zero-order valence-corrected chi connectivity index (χ0v) is 19.5. The van der Waals surface area contributed by atoms with Crippen LogP contribution in [0.3, 0.4) is 0 Å². The smallest absolute Gasteiger partial charge is 0.426 e. The molecule has 9 heteroatoms. The van der Waals surface area contributed by atoms with Gasteiger partial charge in [-0.05, 0) is 67.7 Å². The van der Waals surface area contributed by atoms with Gasteiger partial charge in [0.1, 0.15) is 11.2 Å². The predicted octanol–water partition coefficient (Wildman–Crippen LogP) is 5.72. The Hall–Kier alpha value is -2.42. The number of carbonyl (C=O) groups is 2. The van der Waals surface area contributed by atoms with Crippen LogP contribution in [-0.4, -0.2) is 38.2 Å². The molecular weight excluding hydrogens is 404 g/mol. The van der Waals surface area contributed by atoms with Crippen LogP contribution in [0.5, 0.6) is 0 Å². The number of thiazole rings is 1. The molecule has 1 saturated carbocycles. The van der Waals surface area contributed by atoms with Crippen molar-refractivity contribution in [1.29, 1.82) is 0 Å². The van der Waals surface area contributed by atoms with Gasteiger partial charge in [-0.15, -0.1) is 0 Å². The van der Waals surface area contributed by atoms with Gasteiger partial charge in [0.25, 0.3) is 0 Å². The van der Waals surface area contributed by atoms with E-state index in [9.17, 15) is 9.59 Å². The number of nitrogens with zero attached hydrogens (tertiary/aromatic N) is 4. The molecule has 2 heterocycles. The van der Waals surface area contributed by atoms with E-state index in [1.165, 1.54) is 17.8 Å². The molecule has 8 nitrogen and oxygen atoms in total. The van der Waals surface area contributed by atoms with E-state index in [4.69, 9.17) is 9.47 Å². The monoisotopic (exact) mass is 434 g/mol. The zero-order valence-electron chi connectivity index (χ0n) is 18.7. The Bertz CT molecular complexity index is 904. The van der Waals surface area contributed by atoms with Crippen LogP contribution < -0.4 is 4.90 Å². The van der Waals surface area contributed by atoms with E-state index >= 15 is 0 Å². The predicted molar refractivity (Wildman–Crippen MR) is 116 cm³/mol. The summed E-state index contributed by atoms with van der Waals surface area (Å²) in [5.74, 6) is 0.